The number of para-hydroxylation sites is 1. The summed E-state index contributed by atoms with van der Waals surface area (Å²) in [6.45, 7) is 0.813. The monoisotopic (exact) mass is 331 g/mol. The van der Waals surface area contributed by atoms with Gasteiger partial charge in [0, 0.05) is 12.2 Å². The van der Waals surface area contributed by atoms with E-state index >= 15 is 0 Å². The SMILES string of the molecule is O=C(Nc1ccc(Br)nc1)C1CCNc2ccccc21. The lowest BCUT2D eigenvalue weighted by atomic mass is 9.90. The van der Waals surface area contributed by atoms with E-state index in [0.29, 0.717) is 5.69 Å². The summed E-state index contributed by atoms with van der Waals surface area (Å²) >= 11 is 3.28. The highest BCUT2D eigenvalue weighted by Gasteiger charge is 2.26. The van der Waals surface area contributed by atoms with Gasteiger partial charge < -0.3 is 10.6 Å². The summed E-state index contributed by atoms with van der Waals surface area (Å²) in [7, 11) is 0. The van der Waals surface area contributed by atoms with Crippen LogP contribution < -0.4 is 10.6 Å². The molecular formula is C15H14BrN3O. The first kappa shape index (κ1) is 13.1. The number of rotatable bonds is 2. The summed E-state index contributed by atoms with van der Waals surface area (Å²) in [6, 6.07) is 11.6. The van der Waals surface area contributed by atoms with Crippen LogP contribution in [0.15, 0.2) is 47.2 Å². The molecule has 0 fully saturated rings. The van der Waals surface area contributed by atoms with Crippen LogP contribution in [0.2, 0.25) is 0 Å². The van der Waals surface area contributed by atoms with Gasteiger partial charge in [-0.05, 0) is 46.1 Å². The number of nitrogens with zero attached hydrogens (tertiary/aromatic N) is 1. The van der Waals surface area contributed by atoms with E-state index in [9.17, 15) is 4.79 Å². The normalized spacial score (nSPS) is 16.9. The molecule has 20 heavy (non-hydrogen) atoms. The van der Waals surface area contributed by atoms with Crippen molar-refractivity contribution in [2.24, 2.45) is 0 Å². The van der Waals surface area contributed by atoms with Gasteiger partial charge in [-0.3, -0.25) is 4.79 Å². The van der Waals surface area contributed by atoms with Crippen molar-refractivity contribution in [2.75, 3.05) is 17.2 Å². The second-order valence-electron chi connectivity index (χ2n) is 4.71. The standard InChI is InChI=1S/C15H14BrN3O/c16-14-6-5-10(9-18-14)19-15(20)12-7-8-17-13-4-2-1-3-11(12)13/h1-6,9,12,17H,7-8H2,(H,19,20). The molecule has 2 heterocycles. The van der Waals surface area contributed by atoms with Gasteiger partial charge in [-0.15, -0.1) is 0 Å². The zero-order chi connectivity index (χ0) is 13.9. The van der Waals surface area contributed by atoms with Crippen molar-refractivity contribution >= 4 is 33.2 Å². The first-order valence-electron chi connectivity index (χ1n) is 6.49. The van der Waals surface area contributed by atoms with Crippen LogP contribution in [0.3, 0.4) is 0 Å². The molecule has 102 valence electrons. The minimum atomic E-state index is -0.115. The molecule has 1 aromatic heterocycles. The molecule has 3 rings (SSSR count). The van der Waals surface area contributed by atoms with Crippen molar-refractivity contribution in [3.63, 3.8) is 0 Å². The molecule has 0 saturated carbocycles. The van der Waals surface area contributed by atoms with E-state index in [0.717, 1.165) is 28.8 Å². The molecule has 0 radical (unpaired) electrons. The van der Waals surface area contributed by atoms with Gasteiger partial charge in [-0.25, -0.2) is 4.98 Å². The minimum absolute atomic E-state index is 0.0167. The van der Waals surface area contributed by atoms with Crippen molar-refractivity contribution in [1.82, 2.24) is 4.98 Å². The van der Waals surface area contributed by atoms with Gasteiger partial charge in [0.15, 0.2) is 0 Å². The number of carbonyl (C=O) groups is 1. The molecule has 1 atom stereocenters. The minimum Gasteiger partial charge on any atom is -0.385 e. The van der Waals surface area contributed by atoms with E-state index in [-0.39, 0.29) is 11.8 Å². The van der Waals surface area contributed by atoms with Crippen molar-refractivity contribution in [1.29, 1.82) is 0 Å². The van der Waals surface area contributed by atoms with Crippen LogP contribution >= 0.6 is 15.9 Å². The fraction of sp³-hybridized carbons (Fsp3) is 0.200. The van der Waals surface area contributed by atoms with Gasteiger partial charge in [0.25, 0.3) is 0 Å². The number of fused-ring (bicyclic) bond motifs is 1. The number of aromatic nitrogens is 1. The van der Waals surface area contributed by atoms with E-state index in [4.69, 9.17) is 0 Å². The van der Waals surface area contributed by atoms with Crippen LogP contribution in [0.25, 0.3) is 0 Å². The Bertz CT molecular complexity index is 627. The van der Waals surface area contributed by atoms with Gasteiger partial charge in [-0.2, -0.15) is 0 Å². The highest BCUT2D eigenvalue weighted by molar-refractivity contribution is 9.10. The lowest BCUT2D eigenvalue weighted by molar-refractivity contribution is -0.117. The van der Waals surface area contributed by atoms with Crippen LogP contribution in [0.1, 0.15) is 17.9 Å². The van der Waals surface area contributed by atoms with Crippen molar-refractivity contribution in [2.45, 2.75) is 12.3 Å². The number of carbonyl (C=O) groups excluding carboxylic acids is 1. The van der Waals surface area contributed by atoms with Gasteiger partial charge in [0.2, 0.25) is 5.91 Å². The van der Waals surface area contributed by atoms with Gasteiger partial charge in [0.1, 0.15) is 4.60 Å². The number of hydrogen-bond acceptors (Lipinski definition) is 3. The van der Waals surface area contributed by atoms with Gasteiger partial charge in [-0.1, -0.05) is 18.2 Å². The second-order valence-corrected chi connectivity index (χ2v) is 5.53. The van der Waals surface area contributed by atoms with E-state index < -0.39 is 0 Å². The maximum absolute atomic E-state index is 12.4. The highest BCUT2D eigenvalue weighted by Crippen LogP contribution is 2.32. The Balaban J connectivity index is 1.80. The quantitative estimate of drug-likeness (QED) is 0.829. The molecule has 1 amide bonds. The van der Waals surface area contributed by atoms with E-state index in [2.05, 4.69) is 31.5 Å². The van der Waals surface area contributed by atoms with Crippen molar-refractivity contribution in [3.05, 3.63) is 52.8 Å². The summed E-state index contributed by atoms with van der Waals surface area (Å²) in [6.07, 6.45) is 2.45. The van der Waals surface area contributed by atoms with Crippen LogP contribution in [0.4, 0.5) is 11.4 Å². The largest absolute Gasteiger partial charge is 0.385 e. The zero-order valence-corrected chi connectivity index (χ0v) is 12.4. The smallest absolute Gasteiger partial charge is 0.232 e. The Kier molecular flexibility index (Phi) is 3.69. The fourth-order valence-electron chi connectivity index (χ4n) is 2.42. The average Bonchev–Trinajstić information content (AvgIpc) is 2.49. The predicted octanol–water partition coefficient (Wildman–Crippen LogP) is 3.38. The van der Waals surface area contributed by atoms with Gasteiger partial charge >= 0.3 is 0 Å². The molecular weight excluding hydrogens is 318 g/mol. The number of nitrogens with one attached hydrogen (secondary N) is 2. The number of pyridine rings is 1. The molecule has 5 heteroatoms. The first-order chi connectivity index (χ1) is 9.74. The molecule has 4 nitrogen and oxygen atoms in total. The number of hydrogen-bond donors (Lipinski definition) is 2. The fourth-order valence-corrected chi connectivity index (χ4v) is 2.65. The number of anilines is 2. The van der Waals surface area contributed by atoms with Gasteiger partial charge in [0.05, 0.1) is 17.8 Å². The highest BCUT2D eigenvalue weighted by atomic mass is 79.9. The maximum atomic E-state index is 12.4. The number of amides is 1. The van der Waals surface area contributed by atoms with E-state index in [1.807, 2.05) is 36.4 Å². The topological polar surface area (TPSA) is 54.0 Å². The summed E-state index contributed by atoms with van der Waals surface area (Å²) in [5, 5.41) is 6.25. The molecule has 0 spiro atoms. The number of benzene rings is 1. The maximum Gasteiger partial charge on any atom is 0.232 e. The molecule has 0 bridgehead atoms. The van der Waals surface area contributed by atoms with Crippen LogP contribution in [0, 0.1) is 0 Å². The molecule has 0 saturated heterocycles. The van der Waals surface area contributed by atoms with E-state index in [1.54, 1.807) is 6.20 Å². The predicted molar refractivity (Wildman–Crippen MR) is 82.9 cm³/mol. The van der Waals surface area contributed by atoms with Crippen molar-refractivity contribution in [3.8, 4) is 0 Å². The molecule has 2 aromatic rings. The summed E-state index contributed by atoms with van der Waals surface area (Å²) in [4.78, 5) is 16.5. The summed E-state index contributed by atoms with van der Waals surface area (Å²) < 4.78 is 0.753. The van der Waals surface area contributed by atoms with Crippen LogP contribution in [-0.4, -0.2) is 17.4 Å². The third kappa shape index (κ3) is 2.67. The summed E-state index contributed by atoms with van der Waals surface area (Å²) in [5.74, 6) is -0.0980. The Morgan fingerprint density at radius 2 is 2.15 bits per heavy atom. The average molecular weight is 332 g/mol. The van der Waals surface area contributed by atoms with Crippen LogP contribution in [-0.2, 0) is 4.79 Å². The number of halogens is 1. The second kappa shape index (κ2) is 5.63. The third-order valence-corrected chi connectivity index (χ3v) is 3.87. The molecule has 1 aliphatic heterocycles. The van der Waals surface area contributed by atoms with E-state index in [1.165, 1.54) is 0 Å². The van der Waals surface area contributed by atoms with Crippen molar-refractivity contribution < 1.29 is 4.79 Å². The molecule has 1 aromatic carbocycles. The van der Waals surface area contributed by atoms with Crippen LogP contribution in [0.5, 0.6) is 0 Å². The Morgan fingerprint density at radius 1 is 1.30 bits per heavy atom. The first-order valence-corrected chi connectivity index (χ1v) is 7.28. The lowest BCUT2D eigenvalue weighted by Crippen LogP contribution is -2.27. The Labute approximate surface area is 125 Å². The Hall–Kier alpha value is -1.88. The third-order valence-electron chi connectivity index (χ3n) is 3.40. The molecule has 1 unspecified atom stereocenters. The molecule has 1 aliphatic rings. The zero-order valence-electron chi connectivity index (χ0n) is 10.8. The summed E-state index contributed by atoms with van der Waals surface area (Å²) in [5.41, 5.74) is 2.82. The lowest BCUT2D eigenvalue weighted by Gasteiger charge is -2.25. The Morgan fingerprint density at radius 3 is 2.95 bits per heavy atom. The molecule has 2 N–H and O–H groups in total. The molecule has 0 aliphatic carbocycles.